The second-order valence-corrected chi connectivity index (χ2v) is 8.19. The number of anilines is 1. The summed E-state index contributed by atoms with van der Waals surface area (Å²) < 4.78 is 11.4. The SMILES string of the molecule is COc1ccc2cc1OCCCCCCC(=O)NCCN(C)c1ncnc3[nH]c(O)c(c13)C=N2. The molecule has 34 heavy (non-hydrogen) atoms. The Labute approximate surface area is 198 Å². The van der Waals surface area contributed by atoms with Gasteiger partial charge in [0.25, 0.3) is 0 Å². The number of rotatable bonds is 1. The van der Waals surface area contributed by atoms with Crippen molar-refractivity contribution in [3.05, 3.63) is 30.1 Å². The van der Waals surface area contributed by atoms with Crippen LogP contribution in [0.4, 0.5) is 11.5 Å². The number of benzene rings is 1. The van der Waals surface area contributed by atoms with E-state index >= 15 is 0 Å². The van der Waals surface area contributed by atoms with E-state index in [4.69, 9.17) is 9.47 Å². The zero-order valence-corrected chi connectivity index (χ0v) is 19.5. The quantitative estimate of drug-likeness (QED) is 0.502. The summed E-state index contributed by atoms with van der Waals surface area (Å²) in [4.78, 5) is 30.2. The molecule has 0 saturated carbocycles. The Morgan fingerprint density at radius 1 is 1.18 bits per heavy atom. The second kappa shape index (κ2) is 10.9. The monoisotopic (exact) mass is 466 g/mol. The van der Waals surface area contributed by atoms with Crippen LogP contribution in [0.15, 0.2) is 29.5 Å². The van der Waals surface area contributed by atoms with E-state index in [-0.39, 0.29) is 11.8 Å². The van der Waals surface area contributed by atoms with Crippen molar-refractivity contribution < 1.29 is 19.4 Å². The minimum absolute atomic E-state index is 0.0422. The molecular weight excluding hydrogens is 436 g/mol. The van der Waals surface area contributed by atoms with Gasteiger partial charge in [0.2, 0.25) is 5.91 Å². The first-order chi connectivity index (χ1) is 16.6. The van der Waals surface area contributed by atoms with E-state index < -0.39 is 0 Å². The molecule has 4 rings (SSSR count). The number of fused-ring (bicyclic) bond motifs is 2. The van der Waals surface area contributed by atoms with Gasteiger partial charge in [-0.25, -0.2) is 9.97 Å². The van der Waals surface area contributed by atoms with Gasteiger partial charge in [-0.15, -0.1) is 0 Å². The molecule has 0 saturated heterocycles. The summed E-state index contributed by atoms with van der Waals surface area (Å²) in [5.41, 5.74) is 1.64. The molecule has 0 fully saturated rings. The lowest BCUT2D eigenvalue weighted by atomic mass is 10.1. The van der Waals surface area contributed by atoms with Crippen LogP contribution < -0.4 is 19.7 Å². The van der Waals surface area contributed by atoms with Gasteiger partial charge in [-0.1, -0.05) is 12.8 Å². The van der Waals surface area contributed by atoms with Gasteiger partial charge in [0.1, 0.15) is 17.8 Å². The predicted molar refractivity (Wildman–Crippen MR) is 131 cm³/mol. The number of nitrogens with zero attached hydrogens (tertiary/aromatic N) is 4. The van der Waals surface area contributed by atoms with Gasteiger partial charge in [-0.2, -0.15) is 0 Å². The smallest absolute Gasteiger partial charge is 0.220 e. The summed E-state index contributed by atoms with van der Waals surface area (Å²) >= 11 is 0. The van der Waals surface area contributed by atoms with Gasteiger partial charge < -0.3 is 29.8 Å². The number of methoxy groups -OCH3 is 1. The lowest BCUT2D eigenvalue weighted by molar-refractivity contribution is -0.121. The number of carbonyl (C=O) groups is 1. The highest BCUT2D eigenvalue weighted by atomic mass is 16.5. The first-order valence-corrected chi connectivity index (χ1v) is 11.4. The number of amides is 1. The lowest BCUT2D eigenvalue weighted by Gasteiger charge is -2.19. The van der Waals surface area contributed by atoms with Crippen LogP contribution in [0.5, 0.6) is 17.4 Å². The Morgan fingerprint density at radius 2 is 2.03 bits per heavy atom. The normalized spacial score (nSPS) is 16.1. The van der Waals surface area contributed by atoms with Crippen LogP contribution >= 0.6 is 0 Å². The van der Waals surface area contributed by atoms with Crippen LogP contribution in [-0.2, 0) is 4.79 Å². The summed E-state index contributed by atoms with van der Waals surface area (Å²) in [6.07, 6.45) is 7.20. The van der Waals surface area contributed by atoms with Gasteiger partial charge in [-0.3, -0.25) is 9.79 Å². The van der Waals surface area contributed by atoms with E-state index in [2.05, 4.69) is 25.3 Å². The third kappa shape index (κ3) is 5.38. The molecule has 10 nitrogen and oxygen atoms in total. The van der Waals surface area contributed by atoms with Gasteiger partial charge in [-0.05, 0) is 25.0 Å². The fourth-order valence-corrected chi connectivity index (χ4v) is 3.91. The largest absolute Gasteiger partial charge is 0.494 e. The number of aromatic nitrogens is 3. The molecule has 1 amide bonds. The third-order valence-corrected chi connectivity index (χ3v) is 5.77. The van der Waals surface area contributed by atoms with Crippen LogP contribution in [-0.4, -0.2) is 66.0 Å². The molecule has 3 heterocycles. The van der Waals surface area contributed by atoms with Crippen molar-refractivity contribution in [2.24, 2.45) is 4.99 Å². The minimum atomic E-state index is -0.0469. The molecule has 2 aromatic heterocycles. The first kappa shape index (κ1) is 23.3. The van der Waals surface area contributed by atoms with Crippen LogP contribution in [0.25, 0.3) is 11.0 Å². The van der Waals surface area contributed by atoms with Crippen LogP contribution in [0.1, 0.15) is 37.7 Å². The highest BCUT2D eigenvalue weighted by Crippen LogP contribution is 2.34. The molecule has 3 N–H and O–H groups in total. The highest BCUT2D eigenvalue weighted by Gasteiger charge is 2.18. The van der Waals surface area contributed by atoms with Gasteiger partial charge >= 0.3 is 0 Å². The molecule has 0 atom stereocenters. The molecule has 1 aliphatic rings. The number of H-pyrrole nitrogens is 1. The van der Waals surface area contributed by atoms with Crippen LogP contribution in [0.3, 0.4) is 0 Å². The van der Waals surface area contributed by atoms with Gasteiger partial charge in [0, 0.05) is 38.8 Å². The van der Waals surface area contributed by atoms with Gasteiger partial charge in [0.15, 0.2) is 17.4 Å². The van der Waals surface area contributed by atoms with Crippen molar-refractivity contribution in [3.8, 4) is 17.4 Å². The number of aromatic amines is 1. The average Bonchev–Trinajstić information content (AvgIpc) is 3.16. The summed E-state index contributed by atoms with van der Waals surface area (Å²) in [5.74, 6) is 1.86. The standard InChI is InChI=1S/C24H30N6O4/c1-30-11-10-25-20(31)7-5-3-4-6-12-34-19-13-16(8-9-18(19)33-2)26-14-17-21-22(29-24(17)32)27-15-28-23(21)30/h8-9,13-15,32H,3-7,10-12H2,1-2H3,(H,25,31)(H,27,28,29). The van der Waals surface area contributed by atoms with Crippen molar-refractivity contribution in [2.45, 2.75) is 32.1 Å². The number of likely N-dealkylation sites (N-methyl/N-ethyl adjacent to an activating group) is 1. The lowest BCUT2D eigenvalue weighted by Crippen LogP contribution is -2.33. The topological polar surface area (TPSA) is 125 Å². The Balaban J connectivity index is 1.69. The van der Waals surface area contributed by atoms with E-state index in [1.165, 1.54) is 6.33 Å². The van der Waals surface area contributed by atoms with Crippen molar-refractivity contribution >= 4 is 34.7 Å². The Bertz CT molecular complexity index is 1180. The molecule has 1 aliphatic heterocycles. The second-order valence-electron chi connectivity index (χ2n) is 8.19. The summed E-state index contributed by atoms with van der Waals surface area (Å²) in [5, 5.41) is 14.2. The van der Waals surface area contributed by atoms with Crippen molar-refractivity contribution in [2.75, 3.05) is 38.8 Å². The Morgan fingerprint density at radius 3 is 2.88 bits per heavy atom. The molecule has 0 radical (unpaired) electrons. The van der Waals surface area contributed by atoms with E-state index in [0.29, 0.717) is 65.7 Å². The zero-order chi connectivity index (χ0) is 23.9. The summed E-state index contributed by atoms with van der Waals surface area (Å²) in [7, 11) is 3.49. The fraction of sp³-hybridized carbons (Fsp3) is 0.417. The minimum Gasteiger partial charge on any atom is -0.494 e. The van der Waals surface area contributed by atoms with E-state index in [9.17, 15) is 9.90 Å². The van der Waals surface area contributed by atoms with Crippen LogP contribution in [0, 0.1) is 0 Å². The average molecular weight is 467 g/mol. The number of carbonyl (C=O) groups excluding carboxylic acids is 1. The van der Waals surface area contributed by atoms with Crippen molar-refractivity contribution in [1.82, 2.24) is 20.3 Å². The summed E-state index contributed by atoms with van der Waals surface area (Å²) in [6.45, 7) is 1.59. The Kier molecular flexibility index (Phi) is 7.46. The molecule has 3 aromatic rings. The number of hydrogen-bond donors (Lipinski definition) is 3. The fourth-order valence-electron chi connectivity index (χ4n) is 3.91. The van der Waals surface area contributed by atoms with E-state index in [1.54, 1.807) is 13.3 Å². The number of aliphatic imine (C=N–C) groups is 1. The first-order valence-electron chi connectivity index (χ1n) is 11.4. The molecule has 1 aromatic carbocycles. The van der Waals surface area contributed by atoms with E-state index in [0.717, 1.165) is 25.7 Å². The van der Waals surface area contributed by atoms with Crippen molar-refractivity contribution in [3.63, 3.8) is 0 Å². The number of hydrogen-bond acceptors (Lipinski definition) is 8. The number of aromatic hydroxyl groups is 1. The molecule has 0 spiro atoms. The maximum atomic E-state index is 12.2. The molecular formula is C24H30N6O4. The molecule has 2 bridgehead atoms. The van der Waals surface area contributed by atoms with Gasteiger partial charge in [0.05, 0.1) is 30.4 Å². The highest BCUT2D eigenvalue weighted by molar-refractivity contribution is 6.06. The number of nitrogens with one attached hydrogen (secondary N) is 2. The number of ether oxygens (including phenoxy) is 2. The molecule has 180 valence electrons. The third-order valence-electron chi connectivity index (χ3n) is 5.77. The maximum absolute atomic E-state index is 12.2. The maximum Gasteiger partial charge on any atom is 0.220 e. The summed E-state index contributed by atoms with van der Waals surface area (Å²) in [6, 6.07) is 5.45. The molecule has 0 unspecified atom stereocenters. The van der Waals surface area contributed by atoms with Crippen LogP contribution in [0.2, 0.25) is 0 Å². The van der Waals surface area contributed by atoms with Crippen molar-refractivity contribution in [1.29, 1.82) is 0 Å². The molecule has 0 aliphatic carbocycles. The predicted octanol–water partition coefficient (Wildman–Crippen LogP) is 3.32. The van der Waals surface area contributed by atoms with E-state index in [1.807, 2.05) is 30.1 Å². The zero-order valence-electron chi connectivity index (χ0n) is 19.5. The molecule has 10 heteroatoms. The Hall–Kier alpha value is -3.82.